The minimum Gasteiger partial charge on any atom is -0.306 e. The van der Waals surface area contributed by atoms with Crippen molar-refractivity contribution in [1.29, 1.82) is 0 Å². The summed E-state index contributed by atoms with van der Waals surface area (Å²) in [7, 11) is 0. The van der Waals surface area contributed by atoms with Crippen molar-refractivity contribution in [2.45, 2.75) is 6.42 Å². The highest BCUT2D eigenvalue weighted by Crippen LogP contribution is 2.32. The van der Waals surface area contributed by atoms with E-state index < -0.39 is 4.92 Å². The number of carbonyl (C=O) groups excluding carboxylic acids is 1. The van der Waals surface area contributed by atoms with E-state index >= 15 is 0 Å². The van der Waals surface area contributed by atoms with Gasteiger partial charge in [0.15, 0.2) is 0 Å². The zero-order valence-electron chi connectivity index (χ0n) is 12.0. The molecule has 1 amide bonds. The van der Waals surface area contributed by atoms with E-state index in [0.29, 0.717) is 30.0 Å². The molecule has 0 atom stereocenters. The van der Waals surface area contributed by atoms with Gasteiger partial charge >= 0.3 is 0 Å². The van der Waals surface area contributed by atoms with E-state index in [1.165, 1.54) is 12.1 Å². The number of hydrogen-bond acceptors (Lipinski definition) is 4. The number of benzene rings is 1. The number of fused-ring (bicyclic) bond motifs is 2. The Labute approximate surface area is 130 Å². The van der Waals surface area contributed by atoms with Crippen molar-refractivity contribution in [2.24, 2.45) is 0 Å². The molecule has 0 fully saturated rings. The van der Waals surface area contributed by atoms with Gasteiger partial charge in [-0.1, -0.05) is 12.1 Å². The highest BCUT2D eigenvalue weighted by atomic mass is 16.6. The van der Waals surface area contributed by atoms with Crippen LogP contribution in [0.15, 0.2) is 48.8 Å². The molecule has 23 heavy (non-hydrogen) atoms. The lowest BCUT2D eigenvalue weighted by molar-refractivity contribution is -0.384. The summed E-state index contributed by atoms with van der Waals surface area (Å²) in [6.07, 6.45) is 4.18. The van der Waals surface area contributed by atoms with Gasteiger partial charge in [-0.15, -0.1) is 0 Å². The van der Waals surface area contributed by atoms with Crippen LogP contribution in [0, 0.1) is 10.1 Å². The first-order chi connectivity index (χ1) is 11.1. The summed E-state index contributed by atoms with van der Waals surface area (Å²) in [5.41, 5.74) is 2.54. The predicted molar refractivity (Wildman–Crippen MR) is 83.7 cm³/mol. The third-order valence-electron chi connectivity index (χ3n) is 4.00. The minimum atomic E-state index is -0.452. The van der Waals surface area contributed by atoms with Crippen molar-refractivity contribution in [2.75, 3.05) is 11.4 Å². The van der Waals surface area contributed by atoms with Crippen molar-refractivity contribution < 1.29 is 9.72 Å². The Bertz CT molecular complexity index is 914. The molecule has 2 aromatic heterocycles. The van der Waals surface area contributed by atoms with Crippen molar-refractivity contribution >= 4 is 22.9 Å². The molecule has 1 aliphatic rings. The number of non-ortho nitro benzene ring substituents is 1. The number of nitro benzene ring substituents is 1. The Morgan fingerprint density at radius 1 is 1.26 bits per heavy atom. The van der Waals surface area contributed by atoms with E-state index in [0.717, 1.165) is 5.56 Å². The van der Waals surface area contributed by atoms with Crippen LogP contribution in [0.1, 0.15) is 16.1 Å². The molecule has 0 aliphatic carbocycles. The first kappa shape index (κ1) is 13.4. The molecule has 0 N–H and O–H groups in total. The average molecular weight is 308 g/mol. The van der Waals surface area contributed by atoms with Gasteiger partial charge in [-0.3, -0.25) is 14.9 Å². The van der Waals surface area contributed by atoms with Gasteiger partial charge in [-0.2, -0.15) is 0 Å². The summed E-state index contributed by atoms with van der Waals surface area (Å²) in [4.78, 5) is 29.1. The van der Waals surface area contributed by atoms with Gasteiger partial charge in [0.05, 0.1) is 10.6 Å². The highest BCUT2D eigenvalue weighted by Gasteiger charge is 2.28. The third kappa shape index (κ3) is 2.13. The maximum absolute atomic E-state index is 12.7. The minimum absolute atomic E-state index is 0.0153. The van der Waals surface area contributed by atoms with Gasteiger partial charge in [-0.05, 0) is 24.1 Å². The van der Waals surface area contributed by atoms with E-state index in [4.69, 9.17) is 0 Å². The molecule has 114 valence electrons. The van der Waals surface area contributed by atoms with Gasteiger partial charge in [0.2, 0.25) is 0 Å². The van der Waals surface area contributed by atoms with Crippen molar-refractivity contribution in [3.05, 3.63) is 70.2 Å². The number of imidazole rings is 1. The standard InChI is InChI=1S/C16H12N4O3/c21-16(13-10-18-7-2-1-3-15(18)17-13)19-8-6-11-4-5-12(20(22)23)9-14(11)19/h1-5,7,9-10H,6,8H2. The van der Waals surface area contributed by atoms with E-state index in [-0.39, 0.29) is 11.6 Å². The zero-order chi connectivity index (χ0) is 16.0. The maximum Gasteiger partial charge on any atom is 0.278 e. The molecule has 7 nitrogen and oxygen atoms in total. The van der Waals surface area contributed by atoms with E-state index in [2.05, 4.69) is 4.98 Å². The molecule has 0 saturated heterocycles. The Balaban J connectivity index is 1.73. The number of nitrogens with zero attached hydrogens (tertiary/aromatic N) is 4. The molecule has 7 heteroatoms. The SMILES string of the molecule is O=C(c1cn2ccccc2n1)N1CCc2ccc([N+](=O)[O-])cc21. The van der Waals surface area contributed by atoms with Gasteiger partial charge in [0.25, 0.3) is 11.6 Å². The molecule has 4 rings (SSSR count). The second kappa shape index (κ2) is 4.91. The monoisotopic (exact) mass is 308 g/mol. The fourth-order valence-electron chi connectivity index (χ4n) is 2.87. The maximum atomic E-state index is 12.7. The lowest BCUT2D eigenvalue weighted by atomic mass is 10.1. The van der Waals surface area contributed by atoms with Crippen LogP contribution in [0.25, 0.3) is 5.65 Å². The molecule has 1 aliphatic heterocycles. The second-order valence-corrected chi connectivity index (χ2v) is 5.37. The van der Waals surface area contributed by atoms with Crippen molar-refractivity contribution in [1.82, 2.24) is 9.38 Å². The molecule has 0 bridgehead atoms. The molecule has 0 spiro atoms. The van der Waals surface area contributed by atoms with E-state index in [1.54, 1.807) is 21.6 Å². The highest BCUT2D eigenvalue weighted by molar-refractivity contribution is 6.06. The summed E-state index contributed by atoms with van der Waals surface area (Å²) in [5, 5.41) is 11.0. The molecule has 3 aromatic rings. The number of carbonyl (C=O) groups is 1. The number of rotatable bonds is 2. The van der Waals surface area contributed by atoms with Crippen molar-refractivity contribution in [3.8, 4) is 0 Å². The fraction of sp³-hybridized carbons (Fsp3) is 0.125. The van der Waals surface area contributed by atoms with Crippen molar-refractivity contribution in [3.63, 3.8) is 0 Å². The third-order valence-corrected chi connectivity index (χ3v) is 4.00. The summed E-state index contributed by atoms with van der Waals surface area (Å²) in [6.45, 7) is 0.503. The lowest BCUT2D eigenvalue weighted by Gasteiger charge is -2.15. The Morgan fingerprint density at radius 3 is 2.91 bits per heavy atom. The normalized spacial score (nSPS) is 13.3. The lowest BCUT2D eigenvalue weighted by Crippen LogP contribution is -2.29. The fourth-order valence-corrected chi connectivity index (χ4v) is 2.87. The second-order valence-electron chi connectivity index (χ2n) is 5.37. The van der Waals surface area contributed by atoms with Gasteiger partial charge in [-0.25, -0.2) is 4.98 Å². The number of anilines is 1. The topological polar surface area (TPSA) is 80.8 Å². The van der Waals surface area contributed by atoms with E-state index in [1.807, 2.05) is 24.4 Å². The first-order valence-corrected chi connectivity index (χ1v) is 7.16. The van der Waals surface area contributed by atoms with Crippen LogP contribution in [-0.2, 0) is 6.42 Å². The molecular weight excluding hydrogens is 296 g/mol. The van der Waals surface area contributed by atoms with Crippen LogP contribution in [0.5, 0.6) is 0 Å². The van der Waals surface area contributed by atoms with Crippen LogP contribution in [0.4, 0.5) is 11.4 Å². The number of amides is 1. The van der Waals surface area contributed by atoms with Gasteiger partial charge in [0, 0.05) is 31.1 Å². The Kier molecular flexibility index (Phi) is 2.87. The van der Waals surface area contributed by atoms with Crippen LogP contribution < -0.4 is 4.90 Å². The number of nitro groups is 1. The van der Waals surface area contributed by atoms with Gasteiger partial charge < -0.3 is 9.30 Å². The summed E-state index contributed by atoms with van der Waals surface area (Å²) in [6, 6.07) is 10.2. The molecule has 3 heterocycles. The van der Waals surface area contributed by atoms with E-state index in [9.17, 15) is 14.9 Å². The summed E-state index contributed by atoms with van der Waals surface area (Å²) in [5.74, 6) is -0.243. The molecule has 0 saturated carbocycles. The Morgan fingerprint density at radius 2 is 2.13 bits per heavy atom. The van der Waals surface area contributed by atoms with Crippen LogP contribution >= 0.6 is 0 Å². The summed E-state index contributed by atoms with van der Waals surface area (Å²) < 4.78 is 1.78. The largest absolute Gasteiger partial charge is 0.306 e. The van der Waals surface area contributed by atoms with Gasteiger partial charge in [0.1, 0.15) is 11.3 Å². The number of aromatic nitrogens is 2. The molecular formula is C16H12N4O3. The molecule has 0 radical (unpaired) electrons. The smallest absolute Gasteiger partial charge is 0.278 e. The number of hydrogen-bond donors (Lipinski definition) is 0. The summed E-state index contributed by atoms with van der Waals surface area (Å²) >= 11 is 0. The predicted octanol–water partition coefficient (Wildman–Crippen LogP) is 2.45. The van der Waals surface area contributed by atoms with Crippen LogP contribution in [0.2, 0.25) is 0 Å². The van der Waals surface area contributed by atoms with Crippen LogP contribution in [-0.4, -0.2) is 26.8 Å². The molecule has 1 aromatic carbocycles. The first-order valence-electron chi connectivity index (χ1n) is 7.16. The number of pyridine rings is 1. The zero-order valence-corrected chi connectivity index (χ0v) is 12.0. The van der Waals surface area contributed by atoms with Crippen LogP contribution in [0.3, 0.4) is 0 Å². The molecule has 0 unspecified atom stereocenters. The Hall–Kier alpha value is -3.22. The quantitative estimate of drug-likeness (QED) is 0.538. The average Bonchev–Trinajstić information content (AvgIpc) is 3.17.